The van der Waals surface area contributed by atoms with Crippen molar-refractivity contribution in [3.63, 3.8) is 0 Å². The second-order valence-corrected chi connectivity index (χ2v) is 8.26. The van der Waals surface area contributed by atoms with E-state index in [1.165, 1.54) is 6.42 Å². The van der Waals surface area contributed by atoms with E-state index in [-0.39, 0.29) is 6.10 Å². The zero-order valence-electron chi connectivity index (χ0n) is 19.8. The quantitative estimate of drug-likeness (QED) is 0.502. The summed E-state index contributed by atoms with van der Waals surface area (Å²) < 4.78 is 81.1. The third-order valence-corrected chi connectivity index (χ3v) is 5.47. The van der Waals surface area contributed by atoms with Crippen molar-refractivity contribution in [2.24, 2.45) is 0 Å². The van der Waals surface area contributed by atoms with Crippen LogP contribution in [-0.4, -0.2) is 75.8 Å². The number of carbonyl (C=O) groups is 2. The van der Waals surface area contributed by atoms with Crippen molar-refractivity contribution in [1.82, 2.24) is 9.88 Å². The lowest BCUT2D eigenvalue weighted by atomic mass is 9.99. The monoisotopic (exact) mass is 556 g/mol. The first-order chi connectivity index (χ1) is 17.8. The number of ether oxygens (including phenoxy) is 2. The molecule has 0 aromatic carbocycles. The lowest BCUT2D eigenvalue weighted by Crippen LogP contribution is -2.43. The van der Waals surface area contributed by atoms with Gasteiger partial charge in [0.2, 0.25) is 0 Å². The maximum absolute atomic E-state index is 10.6. The average Bonchev–Trinajstić information content (AvgIpc) is 3.50. The van der Waals surface area contributed by atoms with E-state index >= 15 is 0 Å². The fourth-order valence-electron chi connectivity index (χ4n) is 3.80. The summed E-state index contributed by atoms with van der Waals surface area (Å²) in [5, 5.41) is 14.2. The Bertz CT molecular complexity index is 962. The Labute approximate surface area is 213 Å². The second kappa shape index (κ2) is 14.1. The number of nitrogens with zero attached hydrogens (tertiary/aromatic N) is 2. The molecule has 2 fully saturated rings. The van der Waals surface area contributed by atoms with Crippen LogP contribution >= 0.6 is 0 Å². The Morgan fingerprint density at radius 1 is 1.03 bits per heavy atom. The number of carboxylic acid groups (broad SMARTS) is 2. The van der Waals surface area contributed by atoms with Gasteiger partial charge in [-0.2, -0.15) is 26.3 Å². The van der Waals surface area contributed by atoms with E-state index in [9.17, 15) is 26.3 Å². The van der Waals surface area contributed by atoms with Gasteiger partial charge in [0, 0.05) is 25.0 Å². The molecule has 2 saturated heterocycles. The lowest BCUT2D eigenvalue weighted by molar-refractivity contribution is -0.193. The summed E-state index contributed by atoms with van der Waals surface area (Å²) in [6.45, 7) is 3.24. The molecule has 38 heavy (non-hydrogen) atoms. The molecule has 0 aliphatic carbocycles. The van der Waals surface area contributed by atoms with E-state index in [4.69, 9.17) is 33.7 Å². The molecule has 0 saturated carbocycles. The van der Waals surface area contributed by atoms with Gasteiger partial charge in [-0.3, -0.25) is 9.88 Å². The first-order valence-electron chi connectivity index (χ1n) is 11.3. The molecule has 0 amide bonds. The minimum atomic E-state index is -5.08. The molecule has 212 valence electrons. The normalized spacial score (nSPS) is 21.4. The van der Waals surface area contributed by atoms with E-state index in [0.717, 1.165) is 37.3 Å². The zero-order chi connectivity index (χ0) is 28.3. The Hall–Kier alpha value is -3.17. The average molecular weight is 556 g/mol. The van der Waals surface area contributed by atoms with Gasteiger partial charge >= 0.3 is 24.3 Å². The number of aliphatic carboxylic acids is 2. The Morgan fingerprint density at radius 2 is 1.68 bits per heavy atom. The van der Waals surface area contributed by atoms with E-state index in [1.807, 2.05) is 30.5 Å². The van der Waals surface area contributed by atoms with Gasteiger partial charge in [0.25, 0.3) is 0 Å². The van der Waals surface area contributed by atoms with Gasteiger partial charge in [-0.05, 0) is 43.0 Å². The summed E-state index contributed by atoms with van der Waals surface area (Å²) in [6.07, 6.45) is -0.911. The molecule has 0 radical (unpaired) electrons. The van der Waals surface area contributed by atoms with E-state index < -0.39 is 24.3 Å². The van der Waals surface area contributed by atoms with Gasteiger partial charge < -0.3 is 24.1 Å². The zero-order valence-corrected chi connectivity index (χ0v) is 19.8. The SMILES string of the molecule is O=C(O)C(F)(F)F.O=C(O)C(F)(F)F.c1cncc(COCC2CC[C@H]3[C@H](CCN3Cc3ccco3)O2)c1. The highest BCUT2D eigenvalue weighted by atomic mass is 19.4. The number of hydrogen-bond donors (Lipinski definition) is 2. The molecule has 9 nitrogen and oxygen atoms in total. The molecule has 4 heterocycles. The lowest BCUT2D eigenvalue weighted by Gasteiger charge is -2.35. The van der Waals surface area contributed by atoms with Crippen LogP contribution in [-0.2, 0) is 32.2 Å². The van der Waals surface area contributed by atoms with E-state index in [2.05, 4.69) is 9.88 Å². The number of pyridine rings is 1. The van der Waals surface area contributed by atoms with Crippen molar-refractivity contribution in [1.29, 1.82) is 0 Å². The van der Waals surface area contributed by atoms with Crippen LogP contribution < -0.4 is 0 Å². The molecule has 2 aromatic rings. The molecular formula is C23H26F6N2O7. The fraction of sp³-hybridized carbons (Fsp3) is 0.522. The van der Waals surface area contributed by atoms with Crippen molar-refractivity contribution in [3.8, 4) is 0 Å². The number of alkyl halides is 6. The molecule has 15 heteroatoms. The van der Waals surface area contributed by atoms with Crippen molar-refractivity contribution < 1.29 is 60.0 Å². The van der Waals surface area contributed by atoms with Gasteiger partial charge in [0.1, 0.15) is 5.76 Å². The number of fused-ring (bicyclic) bond motifs is 1. The topological polar surface area (TPSA) is 122 Å². The number of furan rings is 1. The van der Waals surface area contributed by atoms with Crippen LogP contribution in [0.2, 0.25) is 0 Å². The summed E-state index contributed by atoms with van der Waals surface area (Å²) >= 11 is 0. The first-order valence-corrected chi connectivity index (χ1v) is 11.3. The molecule has 4 rings (SSSR count). The summed E-state index contributed by atoms with van der Waals surface area (Å²) in [5.74, 6) is -4.47. The molecule has 2 aliphatic rings. The first kappa shape index (κ1) is 31.1. The van der Waals surface area contributed by atoms with Gasteiger partial charge in [-0.15, -0.1) is 0 Å². The highest BCUT2D eigenvalue weighted by Crippen LogP contribution is 2.32. The fourth-order valence-corrected chi connectivity index (χ4v) is 3.80. The predicted octanol–water partition coefficient (Wildman–Crippen LogP) is 4.28. The number of carboxylic acids is 2. The molecule has 0 spiro atoms. The summed E-state index contributed by atoms with van der Waals surface area (Å²) in [4.78, 5) is 24.4. The molecular weight excluding hydrogens is 530 g/mol. The maximum atomic E-state index is 10.6. The molecule has 0 bridgehead atoms. The van der Waals surface area contributed by atoms with Crippen LogP contribution in [0.3, 0.4) is 0 Å². The van der Waals surface area contributed by atoms with E-state index in [0.29, 0.717) is 25.4 Å². The van der Waals surface area contributed by atoms with Crippen LogP contribution in [0.1, 0.15) is 30.6 Å². The predicted molar refractivity (Wildman–Crippen MR) is 117 cm³/mol. The van der Waals surface area contributed by atoms with Crippen molar-refractivity contribution in [2.75, 3.05) is 13.2 Å². The second-order valence-electron chi connectivity index (χ2n) is 8.26. The van der Waals surface area contributed by atoms with Crippen LogP contribution in [0.15, 0.2) is 47.3 Å². The molecule has 2 aliphatic heterocycles. The third-order valence-electron chi connectivity index (χ3n) is 5.47. The standard InChI is InChI=1S/C19H24N2O3.2C2HF3O2/c1-3-15(11-20-8-1)13-22-14-17-5-6-18-19(24-17)7-9-21(18)12-16-4-2-10-23-16;2*3-2(4,5)1(6)7/h1-4,8,10-11,17-19H,5-7,9,12-14H2;2*(H,6,7)/t17?,18-,19-;;/m0../s1. The summed E-state index contributed by atoms with van der Waals surface area (Å²) in [7, 11) is 0. The van der Waals surface area contributed by atoms with Crippen molar-refractivity contribution >= 4 is 11.9 Å². The number of hydrogen-bond acceptors (Lipinski definition) is 7. The maximum Gasteiger partial charge on any atom is 0.490 e. The van der Waals surface area contributed by atoms with Gasteiger partial charge in [-0.25, -0.2) is 9.59 Å². The van der Waals surface area contributed by atoms with Crippen LogP contribution in [0.4, 0.5) is 26.3 Å². The number of likely N-dealkylation sites (tertiary alicyclic amines) is 1. The Balaban J connectivity index is 0.000000301. The van der Waals surface area contributed by atoms with Gasteiger partial charge in [-0.1, -0.05) is 6.07 Å². The summed E-state index contributed by atoms with van der Waals surface area (Å²) in [5.41, 5.74) is 1.11. The molecule has 3 atom stereocenters. The minimum absolute atomic E-state index is 0.214. The van der Waals surface area contributed by atoms with Crippen molar-refractivity contribution in [3.05, 3.63) is 54.2 Å². The minimum Gasteiger partial charge on any atom is -0.475 e. The van der Waals surface area contributed by atoms with Crippen LogP contribution in [0, 0.1) is 0 Å². The number of rotatable bonds is 6. The Kier molecular flexibility index (Phi) is 11.5. The highest BCUT2D eigenvalue weighted by molar-refractivity contribution is 5.73. The molecule has 2 aromatic heterocycles. The van der Waals surface area contributed by atoms with Gasteiger partial charge in [0.15, 0.2) is 0 Å². The van der Waals surface area contributed by atoms with Crippen molar-refractivity contribution in [2.45, 2.75) is 63.0 Å². The third kappa shape index (κ3) is 10.7. The number of aromatic nitrogens is 1. The summed E-state index contributed by atoms with van der Waals surface area (Å²) in [6, 6.07) is 8.49. The number of halogens is 6. The van der Waals surface area contributed by atoms with Crippen LogP contribution in [0.5, 0.6) is 0 Å². The highest BCUT2D eigenvalue weighted by Gasteiger charge is 2.40. The van der Waals surface area contributed by atoms with Crippen LogP contribution in [0.25, 0.3) is 0 Å². The largest absolute Gasteiger partial charge is 0.490 e. The van der Waals surface area contributed by atoms with E-state index in [1.54, 1.807) is 12.5 Å². The van der Waals surface area contributed by atoms with Gasteiger partial charge in [0.05, 0.1) is 38.2 Å². The molecule has 1 unspecified atom stereocenters. The smallest absolute Gasteiger partial charge is 0.475 e. The molecule has 2 N–H and O–H groups in total. The Morgan fingerprint density at radius 3 is 2.21 bits per heavy atom.